The molecule has 136 valence electrons. The number of hydrogen-bond acceptors (Lipinski definition) is 5. The van der Waals surface area contributed by atoms with Crippen LogP contribution in [-0.4, -0.2) is 33.3 Å². The van der Waals surface area contributed by atoms with Gasteiger partial charge in [-0.05, 0) is 42.3 Å². The molecule has 1 amide bonds. The van der Waals surface area contributed by atoms with Crippen LogP contribution in [0.3, 0.4) is 0 Å². The van der Waals surface area contributed by atoms with Crippen LogP contribution in [0.2, 0.25) is 0 Å². The summed E-state index contributed by atoms with van der Waals surface area (Å²) < 4.78 is 0. The van der Waals surface area contributed by atoms with Crippen LogP contribution in [0.25, 0.3) is 0 Å². The molecule has 1 atom stereocenters. The van der Waals surface area contributed by atoms with E-state index in [1.807, 2.05) is 0 Å². The Bertz CT molecular complexity index is 817. The summed E-state index contributed by atoms with van der Waals surface area (Å²) in [7, 11) is 0. The lowest BCUT2D eigenvalue weighted by Crippen LogP contribution is -2.51. The van der Waals surface area contributed by atoms with Crippen molar-refractivity contribution >= 4 is 17.8 Å². The van der Waals surface area contributed by atoms with Crippen molar-refractivity contribution < 1.29 is 29.8 Å². The van der Waals surface area contributed by atoms with Crippen molar-refractivity contribution in [1.82, 2.24) is 10.8 Å². The molecule has 8 heteroatoms. The number of nitrogens with one attached hydrogen (secondary N) is 2. The number of amides is 1. The number of benzene rings is 2. The highest BCUT2D eigenvalue weighted by Gasteiger charge is 2.34. The molecule has 2 aromatic rings. The molecule has 0 aliphatic carbocycles. The molecule has 0 aliphatic heterocycles. The Kier molecular flexibility index (Phi) is 5.71. The van der Waals surface area contributed by atoms with Crippen LogP contribution in [0.4, 0.5) is 0 Å². The summed E-state index contributed by atoms with van der Waals surface area (Å²) in [5.74, 6) is -2.84. The third-order valence-corrected chi connectivity index (χ3v) is 4.11. The highest BCUT2D eigenvalue weighted by Crippen LogP contribution is 2.22. The predicted molar refractivity (Wildman–Crippen MR) is 90.9 cm³/mol. The largest absolute Gasteiger partial charge is 0.478 e. The average molecular weight is 358 g/mol. The fourth-order valence-corrected chi connectivity index (χ4v) is 2.42. The summed E-state index contributed by atoms with van der Waals surface area (Å²) in [6.07, 6.45) is 0. The molecule has 0 radical (unpaired) electrons. The van der Waals surface area contributed by atoms with Crippen LogP contribution in [0.1, 0.15) is 38.8 Å². The number of hydrogen-bond donors (Lipinski definition) is 5. The van der Waals surface area contributed by atoms with E-state index in [1.165, 1.54) is 36.4 Å². The molecule has 0 spiro atoms. The molecule has 0 bridgehead atoms. The lowest BCUT2D eigenvalue weighted by Gasteiger charge is -2.29. The van der Waals surface area contributed by atoms with Crippen molar-refractivity contribution in [3.8, 4) is 0 Å². The van der Waals surface area contributed by atoms with Gasteiger partial charge in [0.15, 0.2) is 0 Å². The van der Waals surface area contributed by atoms with Crippen molar-refractivity contribution in [2.24, 2.45) is 0 Å². The van der Waals surface area contributed by atoms with Crippen molar-refractivity contribution in [2.75, 3.05) is 0 Å². The monoisotopic (exact) mass is 358 g/mol. The highest BCUT2D eigenvalue weighted by atomic mass is 16.5. The van der Waals surface area contributed by atoms with Crippen LogP contribution in [0, 0.1) is 0 Å². The summed E-state index contributed by atoms with van der Waals surface area (Å²) in [6.45, 7) is 1.75. The first kappa shape index (κ1) is 19.1. The van der Waals surface area contributed by atoms with E-state index < -0.39 is 23.4 Å². The van der Waals surface area contributed by atoms with Crippen LogP contribution < -0.4 is 10.8 Å². The summed E-state index contributed by atoms with van der Waals surface area (Å²) in [6, 6.07) is 11.8. The molecule has 0 saturated heterocycles. The van der Waals surface area contributed by atoms with Gasteiger partial charge in [0.25, 0.3) is 5.91 Å². The Labute approximate surface area is 149 Å². The number of carbonyl (C=O) groups is 3. The first-order valence-corrected chi connectivity index (χ1v) is 7.63. The van der Waals surface area contributed by atoms with E-state index in [-0.39, 0.29) is 17.7 Å². The van der Waals surface area contributed by atoms with Gasteiger partial charge in [-0.15, -0.1) is 0 Å². The van der Waals surface area contributed by atoms with Crippen molar-refractivity contribution in [3.63, 3.8) is 0 Å². The van der Waals surface area contributed by atoms with Gasteiger partial charge >= 0.3 is 11.9 Å². The average Bonchev–Trinajstić information content (AvgIpc) is 2.65. The van der Waals surface area contributed by atoms with Crippen LogP contribution in [0.15, 0.2) is 48.5 Å². The number of carboxylic acid groups (broad SMARTS) is 2. The minimum absolute atomic E-state index is 0.0739. The Balaban J connectivity index is 2.24. The maximum atomic E-state index is 12.2. The van der Waals surface area contributed by atoms with Gasteiger partial charge in [-0.1, -0.05) is 24.3 Å². The zero-order valence-corrected chi connectivity index (χ0v) is 13.9. The van der Waals surface area contributed by atoms with Gasteiger partial charge in [0.05, 0.1) is 11.1 Å². The fraction of sp³-hybridized carbons (Fsp3) is 0.167. The molecule has 2 rings (SSSR count). The standard InChI is InChI=1S/C18H18N2O6/c1-18(17(25)20-26,14-8-6-13(7-9-14)16(23)24)19-10-11-2-4-12(5-3-11)15(21)22/h2-9,19,26H,10H2,1H3,(H,20,25)(H,21,22)(H,23,24). The Morgan fingerprint density at radius 1 is 0.885 bits per heavy atom. The van der Waals surface area contributed by atoms with Gasteiger partial charge in [-0.2, -0.15) is 0 Å². The minimum atomic E-state index is -1.34. The van der Waals surface area contributed by atoms with Crippen LogP contribution in [0.5, 0.6) is 0 Å². The number of hydroxylamine groups is 1. The number of carbonyl (C=O) groups excluding carboxylic acids is 1. The van der Waals surface area contributed by atoms with Crippen molar-refractivity contribution in [3.05, 3.63) is 70.8 Å². The van der Waals surface area contributed by atoms with E-state index >= 15 is 0 Å². The molecule has 26 heavy (non-hydrogen) atoms. The van der Waals surface area contributed by atoms with E-state index in [9.17, 15) is 14.4 Å². The van der Waals surface area contributed by atoms with Crippen molar-refractivity contribution in [1.29, 1.82) is 0 Å². The van der Waals surface area contributed by atoms with Gasteiger partial charge < -0.3 is 10.2 Å². The minimum Gasteiger partial charge on any atom is -0.478 e. The Morgan fingerprint density at radius 2 is 1.35 bits per heavy atom. The van der Waals surface area contributed by atoms with Crippen LogP contribution in [-0.2, 0) is 16.9 Å². The van der Waals surface area contributed by atoms with Gasteiger partial charge in [0.2, 0.25) is 0 Å². The predicted octanol–water partition coefficient (Wildman–Crippen LogP) is 1.59. The maximum Gasteiger partial charge on any atom is 0.335 e. The van der Waals surface area contributed by atoms with E-state index in [1.54, 1.807) is 24.5 Å². The summed E-state index contributed by atoms with van der Waals surface area (Å²) >= 11 is 0. The van der Waals surface area contributed by atoms with Gasteiger partial charge in [-0.3, -0.25) is 15.3 Å². The fourth-order valence-electron chi connectivity index (χ4n) is 2.42. The Hall–Kier alpha value is -3.23. The summed E-state index contributed by atoms with van der Waals surface area (Å²) in [5.41, 5.74) is 1.68. The molecular formula is C18H18N2O6. The molecule has 5 N–H and O–H groups in total. The SMILES string of the molecule is CC(NCc1ccc(C(=O)O)cc1)(C(=O)NO)c1ccc(C(=O)O)cc1. The van der Waals surface area contributed by atoms with Gasteiger partial charge in [-0.25, -0.2) is 15.1 Å². The molecule has 0 aliphatic rings. The first-order chi connectivity index (χ1) is 12.3. The normalized spacial score (nSPS) is 12.8. The molecule has 0 fully saturated rings. The van der Waals surface area contributed by atoms with Gasteiger partial charge in [0.1, 0.15) is 5.54 Å². The zero-order chi connectivity index (χ0) is 19.3. The topological polar surface area (TPSA) is 136 Å². The van der Waals surface area contributed by atoms with E-state index in [0.29, 0.717) is 5.56 Å². The lowest BCUT2D eigenvalue weighted by molar-refractivity contribution is -0.136. The van der Waals surface area contributed by atoms with Gasteiger partial charge in [0, 0.05) is 6.54 Å². The third kappa shape index (κ3) is 4.05. The maximum absolute atomic E-state index is 12.2. The molecule has 0 saturated carbocycles. The number of carboxylic acids is 2. The Morgan fingerprint density at radius 3 is 1.77 bits per heavy atom. The second-order valence-corrected chi connectivity index (χ2v) is 5.80. The van der Waals surface area contributed by atoms with Crippen LogP contribution >= 0.6 is 0 Å². The quantitative estimate of drug-likeness (QED) is 0.374. The van der Waals surface area contributed by atoms with Crippen molar-refractivity contribution in [2.45, 2.75) is 19.0 Å². The lowest BCUT2D eigenvalue weighted by atomic mass is 9.90. The molecular weight excluding hydrogens is 340 g/mol. The number of aromatic carboxylic acids is 2. The molecule has 0 heterocycles. The van der Waals surface area contributed by atoms with E-state index in [0.717, 1.165) is 5.56 Å². The first-order valence-electron chi connectivity index (χ1n) is 7.63. The number of rotatable bonds is 7. The second-order valence-electron chi connectivity index (χ2n) is 5.80. The summed E-state index contributed by atoms with van der Waals surface area (Å²) in [5, 5.41) is 30.0. The molecule has 2 aromatic carbocycles. The van der Waals surface area contributed by atoms with E-state index in [4.69, 9.17) is 15.4 Å². The summed E-state index contributed by atoms with van der Waals surface area (Å²) in [4.78, 5) is 34.0. The molecule has 1 unspecified atom stereocenters. The van der Waals surface area contributed by atoms with E-state index in [2.05, 4.69) is 5.32 Å². The highest BCUT2D eigenvalue weighted by molar-refractivity contribution is 5.89. The smallest absolute Gasteiger partial charge is 0.335 e. The molecule has 8 nitrogen and oxygen atoms in total. The zero-order valence-electron chi connectivity index (χ0n) is 13.9. The molecule has 0 aromatic heterocycles. The third-order valence-electron chi connectivity index (χ3n) is 4.11. The second kappa shape index (κ2) is 7.77.